The molecular formula is C15H16N2O4S. The highest BCUT2D eigenvalue weighted by Gasteiger charge is 2.18. The van der Waals surface area contributed by atoms with Gasteiger partial charge in [-0.2, -0.15) is 0 Å². The SMILES string of the molecule is O=S(=O)(NCc1cccnc1)c1ccc2c(c1)OCCCO2. The van der Waals surface area contributed by atoms with Crippen molar-refractivity contribution in [1.82, 2.24) is 9.71 Å². The summed E-state index contributed by atoms with van der Waals surface area (Å²) in [5, 5.41) is 0. The Hall–Kier alpha value is -2.12. The molecule has 1 aliphatic heterocycles. The summed E-state index contributed by atoms with van der Waals surface area (Å²) < 4.78 is 38.3. The number of pyridine rings is 1. The first kappa shape index (κ1) is 14.8. The number of aromatic nitrogens is 1. The van der Waals surface area contributed by atoms with Gasteiger partial charge in [-0.25, -0.2) is 13.1 Å². The predicted octanol–water partition coefficient (Wildman–Crippen LogP) is 1.72. The molecule has 1 aliphatic rings. The molecule has 3 rings (SSSR count). The van der Waals surface area contributed by atoms with E-state index in [4.69, 9.17) is 9.47 Å². The van der Waals surface area contributed by atoms with Crippen LogP contribution < -0.4 is 14.2 Å². The van der Waals surface area contributed by atoms with Crippen molar-refractivity contribution < 1.29 is 17.9 Å². The second-order valence-electron chi connectivity index (χ2n) is 4.84. The number of sulfonamides is 1. The maximum Gasteiger partial charge on any atom is 0.241 e. The largest absolute Gasteiger partial charge is 0.490 e. The lowest BCUT2D eigenvalue weighted by atomic mass is 10.3. The van der Waals surface area contributed by atoms with Crippen molar-refractivity contribution in [3.63, 3.8) is 0 Å². The van der Waals surface area contributed by atoms with Crippen LogP contribution in [0, 0.1) is 0 Å². The minimum atomic E-state index is -3.62. The van der Waals surface area contributed by atoms with Gasteiger partial charge in [0, 0.05) is 31.4 Å². The lowest BCUT2D eigenvalue weighted by Gasteiger charge is -2.10. The number of ether oxygens (including phenoxy) is 2. The van der Waals surface area contributed by atoms with Crippen LogP contribution in [0.5, 0.6) is 11.5 Å². The Morgan fingerprint density at radius 2 is 1.95 bits per heavy atom. The zero-order valence-corrected chi connectivity index (χ0v) is 12.7. The van der Waals surface area contributed by atoms with Crippen molar-refractivity contribution in [2.45, 2.75) is 17.9 Å². The maximum absolute atomic E-state index is 12.3. The van der Waals surface area contributed by atoms with E-state index in [1.165, 1.54) is 12.1 Å². The Labute approximate surface area is 129 Å². The maximum atomic E-state index is 12.3. The summed E-state index contributed by atoms with van der Waals surface area (Å²) in [6.07, 6.45) is 4.04. The number of hydrogen-bond donors (Lipinski definition) is 1. The predicted molar refractivity (Wildman–Crippen MR) is 80.3 cm³/mol. The average molecular weight is 320 g/mol. The summed E-state index contributed by atoms with van der Waals surface area (Å²) in [6, 6.07) is 8.20. The summed E-state index contributed by atoms with van der Waals surface area (Å²) in [6.45, 7) is 1.27. The Morgan fingerprint density at radius 3 is 2.73 bits per heavy atom. The lowest BCUT2D eigenvalue weighted by molar-refractivity contribution is 0.297. The van der Waals surface area contributed by atoms with Gasteiger partial charge < -0.3 is 9.47 Å². The molecule has 2 aromatic rings. The lowest BCUT2D eigenvalue weighted by Crippen LogP contribution is -2.23. The fourth-order valence-corrected chi connectivity index (χ4v) is 3.11. The topological polar surface area (TPSA) is 77.5 Å². The fourth-order valence-electron chi connectivity index (χ4n) is 2.08. The van der Waals surface area contributed by atoms with E-state index < -0.39 is 10.0 Å². The molecule has 0 saturated carbocycles. The molecule has 0 aliphatic carbocycles. The first-order valence-electron chi connectivity index (χ1n) is 6.93. The van der Waals surface area contributed by atoms with Crippen LogP contribution in [0.25, 0.3) is 0 Å². The van der Waals surface area contributed by atoms with Crippen LogP contribution in [0.15, 0.2) is 47.6 Å². The Balaban J connectivity index is 1.78. The van der Waals surface area contributed by atoms with Gasteiger partial charge in [-0.1, -0.05) is 6.07 Å². The minimum Gasteiger partial charge on any atom is -0.490 e. The quantitative estimate of drug-likeness (QED) is 0.928. The van der Waals surface area contributed by atoms with Crippen molar-refractivity contribution in [2.24, 2.45) is 0 Å². The van der Waals surface area contributed by atoms with E-state index in [-0.39, 0.29) is 11.4 Å². The van der Waals surface area contributed by atoms with Crippen molar-refractivity contribution in [3.8, 4) is 11.5 Å². The molecular weight excluding hydrogens is 304 g/mol. The molecule has 7 heteroatoms. The number of nitrogens with zero attached hydrogens (tertiary/aromatic N) is 1. The van der Waals surface area contributed by atoms with Gasteiger partial charge in [-0.05, 0) is 23.8 Å². The average Bonchev–Trinajstić information content (AvgIpc) is 2.78. The second-order valence-corrected chi connectivity index (χ2v) is 6.61. The first-order valence-corrected chi connectivity index (χ1v) is 8.42. The van der Waals surface area contributed by atoms with Gasteiger partial charge in [0.1, 0.15) is 0 Å². The Morgan fingerprint density at radius 1 is 1.14 bits per heavy atom. The molecule has 0 saturated heterocycles. The van der Waals surface area contributed by atoms with E-state index in [1.807, 2.05) is 6.07 Å². The fraction of sp³-hybridized carbons (Fsp3) is 0.267. The first-order chi connectivity index (χ1) is 10.6. The van der Waals surface area contributed by atoms with Gasteiger partial charge in [0.15, 0.2) is 11.5 Å². The smallest absolute Gasteiger partial charge is 0.241 e. The van der Waals surface area contributed by atoms with Gasteiger partial charge in [-0.3, -0.25) is 4.98 Å². The molecule has 0 fully saturated rings. The highest BCUT2D eigenvalue weighted by molar-refractivity contribution is 7.89. The van der Waals surface area contributed by atoms with E-state index in [1.54, 1.807) is 24.5 Å². The summed E-state index contributed by atoms with van der Waals surface area (Å²) in [4.78, 5) is 4.11. The van der Waals surface area contributed by atoms with Crippen LogP contribution in [-0.4, -0.2) is 26.6 Å². The zero-order chi connectivity index (χ0) is 15.4. The molecule has 22 heavy (non-hydrogen) atoms. The van der Waals surface area contributed by atoms with Crippen molar-refractivity contribution in [2.75, 3.05) is 13.2 Å². The number of fused-ring (bicyclic) bond motifs is 1. The Bertz CT molecular complexity index is 747. The van der Waals surface area contributed by atoms with Gasteiger partial charge in [0.2, 0.25) is 10.0 Å². The molecule has 1 aromatic carbocycles. The van der Waals surface area contributed by atoms with E-state index in [0.717, 1.165) is 12.0 Å². The van der Waals surface area contributed by atoms with Crippen LogP contribution in [0.3, 0.4) is 0 Å². The standard InChI is InChI=1S/C15H16N2O4S/c18-22(19,17-11-12-3-1-6-16-10-12)13-4-5-14-15(9-13)21-8-2-7-20-14/h1,3-6,9-10,17H,2,7-8,11H2. The molecule has 2 heterocycles. The molecule has 0 radical (unpaired) electrons. The van der Waals surface area contributed by atoms with Gasteiger partial charge in [0.25, 0.3) is 0 Å². The monoisotopic (exact) mass is 320 g/mol. The van der Waals surface area contributed by atoms with Crippen LogP contribution in [0.2, 0.25) is 0 Å². The molecule has 0 amide bonds. The third-order valence-corrected chi connectivity index (χ3v) is 4.62. The normalized spacial score (nSPS) is 14.4. The van der Waals surface area contributed by atoms with Crippen molar-refractivity contribution in [1.29, 1.82) is 0 Å². The number of nitrogens with one attached hydrogen (secondary N) is 1. The van der Waals surface area contributed by atoms with Crippen LogP contribution >= 0.6 is 0 Å². The van der Waals surface area contributed by atoms with Crippen LogP contribution in [-0.2, 0) is 16.6 Å². The third-order valence-electron chi connectivity index (χ3n) is 3.22. The van der Waals surface area contributed by atoms with Gasteiger partial charge in [0.05, 0.1) is 18.1 Å². The summed E-state index contributed by atoms with van der Waals surface area (Å²) >= 11 is 0. The molecule has 0 atom stereocenters. The highest BCUT2D eigenvalue weighted by atomic mass is 32.2. The highest BCUT2D eigenvalue weighted by Crippen LogP contribution is 2.31. The molecule has 0 spiro atoms. The summed E-state index contributed by atoms with van der Waals surface area (Å²) in [7, 11) is -3.62. The molecule has 0 bridgehead atoms. The molecule has 0 unspecified atom stereocenters. The van der Waals surface area contributed by atoms with Gasteiger partial charge >= 0.3 is 0 Å². The third kappa shape index (κ3) is 3.37. The van der Waals surface area contributed by atoms with Crippen LogP contribution in [0.4, 0.5) is 0 Å². The number of benzene rings is 1. The van der Waals surface area contributed by atoms with Gasteiger partial charge in [-0.15, -0.1) is 0 Å². The molecule has 6 nitrogen and oxygen atoms in total. The van der Waals surface area contributed by atoms with E-state index in [2.05, 4.69) is 9.71 Å². The van der Waals surface area contributed by atoms with E-state index >= 15 is 0 Å². The second kappa shape index (κ2) is 6.33. The summed E-state index contributed by atoms with van der Waals surface area (Å²) in [5.41, 5.74) is 0.792. The molecule has 116 valence electrons. The molecule has 1 N–H and O–H groups in total. The summed E-state index contributed by atoms with van der Waals surface area (Å²) in [5.74, 6) is 1.03. The number of rotatable bonds is 4. The zero-order valence-electron chi connectivity index (χ0n) is 11.9. The number of hydrogen-bond acceptors (Lipinski definition) is 5. The minimum absolute atomic E-state index is 0.153. The Kier molecular flexibility index (Phi) is 4.26. The van der Waals surface area contributed by atoms with Crippen LogP contribution in [0.1, 0.15) is 12.0 Å². The molecule has 1 aromatic heterocycles. The van der Waals surface area contributed by atoms with E-state index in [0.29, 0.717) is 24.7 Å². The van der Waals surface area contributed by atoms with Crippen molar-refractivity contribution in [3.05, 3.63) is 48.3 Å². The van der Waals surface area contributed by atoms with Crippen molar-refractivity contribution >= 4 is 10.0 Å². The van der Waals surface area contributed by atoms with E-state index in [9.17, 15) is 8.42 Å².